The molecule has 37 heavy (non-hydrogen) atoms. The summed E-state index contributed by atoms with van der Waals surface area (Å²) in [6.45, 7) is 7.80. The molecule has 4 aromatic heterocycles. The second-order valence-corrected chi connectivity index (χ2v) is 9.74. The minimum Gasteiger partial charge on any atom is -0.334 e. The number of benzene rings is 1. The molecule has 0 bridgehead atoms. The average molecular weight is 497 g/mol. The number of nitrogens with zero attached hydrogens (tertiary/aromatic N) is 7. The number of H-pyrrole nitrogens is 1. The number of pyridine rings is 1. The number of aryl methyl sites for hydroxylation is 1. The fraction of sp³-hybridized carbons (Fsp3) is 0.321. The lowest BCUT2D eigenvalue weighted by Gasteiger charge is -2.11. The Hall–Kier alpha value is -4.27. The minimum atomic E-state index is -0.0400. The zero-order chi connectivity index (χ0) is 25.8. The first-order chi connectivity index (χ1) is 18.0. The van der Waals surface area contributed by atoms with Gasteiger partial charge >= 0.3 is 5.69 Å². The molecule has 4 heterocycles. The molecule has 0 atom stereocenters. The Balaban J connectivity index is 1.49. The maximum Gasteiger partial charge on any atom is 0.334 e. The van der Waals surface area contributed by atoms with E-state index in [0.29, 0.717) is 18.3 Å². The van der Waals surface area contributed by atoms with E-state index in [1.807, 2.05) is 65.5 Å². The smallest absolute Gasteiger partial charge is 0.334 e. The first-order valence-corrected chi connectivity index (χ1v) is 12.8. The first-order valence-electron chi connectivity index (χ1n) is 12.8. The molecule has 0 saturated carbocycles. The Bertz CT molecular complexity index is 1520. The minimum absolute atomic E-state index is 0.0400. The number of tetrazole rings is 1. The van der Waals surface area contributed by atoms with Gasteiger partial charge < -0.3 is 4.57 Å². The molecule has 5 aromatic rings. The van der Waals surface area contributed by atoms with Crippen molar-refractivity contribution in [3.05, 3.63) is 89.0 Å². The van der Waals surface area contributed by atoms with Gasteiger partial charge in [-0.05, 0) is 70.6 Å². The van der Waals surface area contributed by atoms with Crippen molar-refractivity contribution in [1.29, 1.82) is 0 Å². The van der Waals surface area contributed by atoms with Crippen LogP contribution in [-0.2, 0) is 19.5 Å². The number of aromatic nitrogens is 8. The third-order valence-electron chi connectivity index (χ3n) is 6.41. The van der Waals surface area contributed by atoms with E-state index >= 15 is 0 Å². The summed E-state index contributed by atoms with van der Waals surface area (Å²) in [5, 5.41) is 14.2. The van der Waals surface area contributed by atoms with Gasteiger partial charge in [-0.2, -0.15) is 0 Å². The fourth-order valence-corrected chi connectivity index (χ4v) is 4.62. The number of hydrogen-bond acceptors (Lipinski definition) is 5. The molecular weight excluding hydrogens is 464 g/mol. The largest absolute Gasteiger partial charge is 0.334 e. The average Bonchev–Trinajstić information content (AvgIpc) is 3.65. The number of imidazole rings is 1. The Morgan fingerprint density at radius 2 is 1.86 bits per heavy atom. The highest BCUT2D eigenvalue weighted by Gasteiger charge is 2.16. The van der Waals surface area contributed by atoms with Crippen molar-refractivity contribution in [2.75, 3.05) is 0 Å². The normalized spacial score (nSPS) is 11.5. The highest BCUT2D eigenvalue weighted by atomic mass is 16.1. The number of aromatic amines is 1. The Kier molecular flexibility index (Phi) is 7.11. The molecule has 0 unspecified atom stereocenters. The lowest BCUT2D eigenvalue weighted by Crippen LogP contribution is -2.26. The Morgan fingerprint density at radius 3 is 2.65 bits per heavy atom. The molecule has 0 amide bonds. The monoisotopic (exact) mass is 496 g/mol. The van der Waals surface area contributed by atoms with Gasteiger partial charge in [0.1, 0.15) is 5.82 Å². The second kappa shape index (κ2) is 10.8. The zero-order valence-electron chi connectivity index (χ0n) is 21.5. The van der Waals surface area contributed by atoms with Crippen LogP contribution in [0.2, 0.25) is 0 Å². The lowest BCUT2D eigenvalue weighted by atomic mass is 10.0. The van der Waals surface area contributed by atoms with Crippen molar-refractivity contribution < 1.29 is 0 Å². The summed E-state index contributed by atoms with van der Waals surface area (Å²) in [7, 11) is 0. The summed E-state index contributed by atoms with van der Waals surface area (Å²) in [5.74, 6) is 2.00. The number of hydrogen-bond donors (Lipinski definition) is 1. The van der Waals surface area contributed by atoms with Gasteiger partial charge in [0, 0.05) is 36.4 Å². The van der Waals surface area contributed by atoms with Crippen molar-refractivity contribution in [3.63, 3.8) is 0 Å². The summed E-state index contributed by atoms with van der Waals surface area (Å²) >= 11 is 0. The number of nitrogens with one attached hydrogen (secondary N) is 1. The standard InChI is InChI=1S/C28H32N8O/c1-4-5-10-25-19-36(26-11-7-14-34(26)17-20(2)3)28(37)35(25)18-24-16-22(12-13-29-24)21-8-6-9-23(15-21)27-30-32-33-31-27/h6-9,11-16,19-20H,4-5,10,17-18H2,1-3H3,(H,30,31,32,33). The molecular formula is C28H32N8O. The van der Waals surface area contributed by atoms with E-state index in [1.54, 1.807) is 10.8 Å². The second-order valence-electron chi connectivity index (χ2n) is 9.74. The summed E-state index contributed by atoms with van der Waals surface area (Å²) in [4.78, 5) is 18.3. The van der Waals surface area contributed by atoms with Gasteiger partial charge in [0.15, 0.2) is 5.82 Å². The Morgan fingerprint density at radius 1 is 1.03 bits per heavy atom. The van der Waals surface area contributed by atoms with Gasteiger partial charge in [0.05, 0.1) is 12.2 Å². The first kappa shape index (κ1) is 24.4. The Labute approximate surface area is 215 Å². The highest BCUT2D eigenvalue weighted by Crippen LogP contribution is 2.25. The van der Waals surface area contributed by atoms with Gasteiger partial charge in [-0.1, -0.05) is 45.4 Å². The topological polar surface area (TPSA) is 99.2 Å². The van der Waals surface area contributed by atoms with Gasteiger partial charge in [-0.25, -0.2) is 9.89 Å². The molecule has 1 aromatic carbocycles. The van der Waals surface area contributed by atoms with E-state index in [-0.39, 0.29) is 5.69 Å². The summed E-state index contributed by atoms with van der Waals surface area (Å²) < 4.78 is 5.80. The van der Waals surface area contributed by atoms with Gasteiger partial charge in [-0.3, -0.25) is 14.1 Å². The van der Waals surface area contributed by atoms with E-state index in [0.717, 1.165) is 59.7 Å². The van der Waals surface area contributed by atoms with Crippen LogP contribution < -0.4 is 5.69 Å². The molecule has 0 aliphatic heterocycles. The maximum absolute atomic E-state index is 13.7. The van der Waals surface area contributed by atoms with E-state index < -0.39 is 0 Å². The van der Waals surface area contributed by atoms with Crippen LogP contribution in [0.15, 0.2) is 71.9 Å². The molecule has 0 saturated heterocycles. The quantitative estimate of drug-likeness (QED) is 0.301. The van der Waals surface area contributed by atoms with Crippen LogP contribution in [0.4, 0.5) is 0 Å². The SMILES string of the molecule is CCCCc1cn(-c2cccn2CC(C)C)c(=O)n1Cc1cc(-c2cccc(-c3nnn[nH]3)c2)ccn1. The molecule has 0 aliphatic carbocycles. The van der Waals surface area contributed by atoms with Crippen molar-refractivity contribution in [1.82, 2.24) is 39.3 Å². The predicted octanol–water partition coefficient (Wildman–Crippen LogP) is 4.73. The fourth-order valence-electron chi connectivity index (χ4n) is 4.62. The highest BCUT2D eigenvalue weighted by molar-refractivity contribution is 5.70. The molecule has 9 heteroatoms. The predicted molar refractivity (Wildman–Crippen MR) is 143 cm³/mol. The summed E-state index contributed by atoms with van der Waals surface area (Å²) in [6.07, 6.45) is 8.77. The molecule has 0 aliphatic rings. The van der Waals surface area contributed by atoms with Crippen LogP contribution in [0.25, 0.3) is 28.3 Å². The van der Waals surface area contributed by atoms with Crippen LogP contribution in [0.3, 0.4) is 0 Å². The number of unbranched alkanes of at least 4 members (excludes halogenated alkanes) is 1. The van der Waals surface area contributed by atoms with Crippen LogP contribution in [0, 0.1) is 5.92 Å². The number of rotatable bonds is 10. The van der Waals surface area contributed by atoms with Gasteiger partial charge in [0.2, 0.25) is 0 Å². The van der Waals surface area contributed by atoms with Crippen LogP contribution in [0.5, 0.6) is 0 Å². The van der Waals surface area contributed by atoms with Crippen LogP contribution in [-0.4, -0.2) is 39.3 Å². The molecule has 0 radical (unpaired) electrons. The van der Waals surface area contributed by atoms with Crippen molar-refractivity contribution in [3.8, 4) is 28.3 Å². The molecule has 5 rings (SSSR count). The van der Waals surface area contributed by atoms with Crippen LogP contribution in [0.1, 0.15) is 45.0 Å². The van der Waals surface area contributed by atoms with Crippen molar-refractivity contribution >= 4 is 0 Å². The van der Waals surface area contributed by atoms with E-state index in [2.05, 4.69) is 50.9 Å². The zero-order valence-corrected chi connectivity index (χ0v) is 21.5. The third kappa shape index (κ3) is 5.30. The maximum atomic E-state index is 13.7. The summed E-state index contributed by atoms with van der Waals surface area (Å²) in [5.41, 5.74) is 4.77. The van der Waals surface area contributed by atoms with E-state index in [9.17, 15) is 4.79 Å². The van der Waals surface area contributed by atoms with Gasteiger partial charge in [-0.15, -0.1) is 5.10 Å². The van der Waals surface area contributed by atoms with Crippen molar-refractivity contribution in [2.45, 2.75) is 53.1 Å². The molecule has 190 valence electrons. The van der Waals surface area contributed by atoms with Crippen molar-refractivity contribution in [2.24, 2.45) is 5.92 Å². The molecule has 1 N–H and O–H groups in total. The lowest BCUT2D eigenvalue weighted by molar-refractivity contribution is 0.516. The summed E-state index contributed by atoms with van der Waals surface area (Å²) in [6, 6.07) is 16.1. The van der Waals surface area contributed by atoms with E-state index in [1.165, 1.54) is 0 Å². The van der Waals surface area contributed by atoms with Crippen LogP contribution >= 0.6 is 0 Å². The molecule has 0 fully saturated rings. The molecule has 0 spiro atoms. The molecule has 9 nitrogen and oxygen atoms in total. The van der Waals surface area contributed by atoms with Gasteiger partial charge in [0.25, 0.3) is 0 Å². The van der Waals surface area contributed by atoms with E-state index in [4.69, 9.17) is 0 Å². The third-order valence-corrected chi connectivity index (χ3v) is 6.41.